The summed E-state index contributed by atoms with van der Waals surface area (Å²) in [5, 5.41) is 7.23. The van der Waals surface area contributed by atoms with E-state index in [0.29, 0.717) is 43.3 Å². The number of aryl methyl sites for hydroxylation is 1. The number of allylic oxidation sites excluding steroid dienone is 1. The molecule has 1 aromatic carbocycles. The zero-order valence-electron chi connectivity index (χ0n) is 28.8. The van der Waals surface area contributed by atoms with E-state index >= 15 is 0 Å². The van der Waals surface area contributed by atoms with Crippen LogP contribution >= 0.6 is 11.3 Å². The lowest BCUT2D eigenvalue weighted by atomic mass is 10.0. The van der Waals surface area contributed by atoms with Crippen LogP contribution in [0.5, 0.6) is 5.88 Å². The maximum absolute atomic E-state index is 14.7. The van der Waals surface area contributed by atoms with E-state index in [4.69, 9.17) is 4.74 Å². The highest BCUT2D eigenvalue weighted by Crippen LogP contribution is 2.47. The number of halogens is 1. The molecule has 3 aromatic rings. The van der Waals surface area contributed by atoms with Gasteiger partial charge in [0.05, 0.1) is 22.3 Å². The highest BCUT2D eigenvalue weighted by molar-refractivity contribution is 7.91. The van der Waals surface area contributed by atoms with Gasteiger partial charge in [-0.25, -0.2) is 27.8 Å². The van der Waals surface area contributed by atoms with Crippen molar-refractivity contribution in [2.24, 2.45) is 5.92 Å². The van der Waals surface area contributed by atoms with Crippen LogP contribution in [0.2, 0.25) is 0 Å². The number of rotatable bonds is 7. The molecule has 3 fully saturated rings. The summed E-state index contributed by atoms with van der Waals surface area (Å²) in [5.74, 6) is -3.56. The molecule has 7 rings (SSSR count). The molecule has 4 heterocycles. The van der Waals surface area contributed by atoms with Crippen molar-refractivity contribution in [2.45, 2.75) is 100 Å². The summed E-state index contributed by atoms with van der Waals surface area (Å²) in [6.07, 6.45) is 7.06. The first kappa shape index (κ1) is 35.9. The Balaban J connectivity index is 1.20. The van der Waals surface area contributed by atoms with Crippen LogP contribution < -0.4 is 20.1 Å². The monoisotopic (exact) mass is 753 g/mol. The number of ether oxygens (including phenoxy) is 1. The number of aromatic nitrogens is 3. The Bertz CT molecular complexity index is 2060. The zero-order valence-corrected chi connectivity index (χ0v) is 30.4. The highest BCUT2D eigenvalue weighted by Gasteiger charge is 2.63. The Morgan fingerprint density at radius 2 is 1.96 bits per heavy atom. The Hall–Kier alpha value is -4.51. The number of carbonyl (C=O) groups excluding carboxylic acids is 4. The number of para-hydroxylation sites is 1. The van der Waals surface area contributed by atoms with Crippen molar-refractivity contribution in [3.05, 3.63) is 58.4 Å². The number of benzene rings is 1. The number of hydrogen-bond acceptors (Lipinski definition) is 11. The largest absolute Gasteiger partial charge is 0.471 e. The fraction of sp³-hybridized carbons (Fsp3) is 0.514. The molecule has 52 heavy (non-hydrogen) atoms. The number of hydrogen-bond donors (Lipinski definition) is 3. The predicted molar refractivity (Wildman–Crippen MR) is 188 cm³/mol. The summed E-state index contributed by atoms with van der Waals surface area (Å²) in [6.45, 7) is 3.13. The molecule has 276 valence electrons. The minimum Gasteiger partial charge on any atom is -0.471 e. The van der Waals surface area contributed by atoms with Crippen LogP contribution in [0.4, 0.5) is 4.39 Å². The molecule has 4 aliphatic rings. The van der Waals surface area contributed by atoms with Crippen molar-refractivity contribution in [3.63, 3.8) is 0 Å². The van der Waals surface area contributed by atoms with E-state index in [-0.39, 0.29) is 36.5 Å². The molecule has 0 unspecified atom stereocenters. The summed E-state index contributed by atoms with van der Waals surface area (Å²) in [6, 6.07) is 2.24. The lowest BCUT2D eigenvalue weighted by molar-refractivity contribution is -0.141. The van der Waals surface area contributed by atoms with Crippen molar-refractivity contribution in [2.75, 3.05) is 6.54 Å². The topological polar surface area (TPSA) is 190 Å². The molecule has 0 radical (unpaired) electrons. The average Bonchev–Trinajstić information content (AvgIpc) is 3.85. The van der Waals surface area contributed by atoms with Gasteiger partial charge in [-0.3, -0.25) is 23.9 Å². The fourth-order valence-corrected chi connectivity index (χ4v) is 8.73. The number of nitrogens with zero attached hydrogens (tertiary/aromatic N) is 4. The third kappa shape index (κ3) is 6.99. The smallest absolute Gasteiger partial charge is 0.271 e. The predicted octanol–water partition coefficient (Wildman–Crippen LogP) is 3.07. The Morgan fingerprint density at radius 3 is 2.71 bits per heavy atom. The lowest BCUT2D eigenvalue weighted by Gasteiger charge is -2.30. The van der Waals surface area contributed by atoms with Gasteiger partial charge in [0.25, 0.3) is 11.8 Å². The normalized spacial score (nSPS) is 28.0. The Labute approximate surface area is 304 Å². The van der Waals surface area contributed by atoms with Gasteiger partial charge in [-0.1, -0.05) is 31.1 Å². The number of fused-ring (bicyclic) bond motifs is 3. The molecule has 3 N–H and O–H groups in total. The van der Waals surface area contributed by atoms with Gasteiger partial charge in [0.1, 0.15) is 40.6 Å². The second-order valence-corrected chi connectivity index (χ2v) is 17.2. The molecule has 4 amide bonds. The number of nitrogens with one attached hydrogen (secondary N) is 3. The summed E-state index contributed by atoms with van der Waals surface area (Å²) in [4.78, 5) is 69.8. The van der Waals surface area contributed by atoms with Crippen molar-refractivity contribution in [1.82, 2.24) is 35.2 Å². The molecule has 0 spiro atoms. The molecular formula is C35H40FN7O7S2. The molecule has 14 nitrogen and oxygen atoms in total. The minimum absolute atomic E-state index is 0.00497. The van der Waals surface area contributed by atoms with Gasteiger partial charge in [-0.05, 0) is 64.5 Å². The van der Waals surface area contributed by atoms with Crippen molar-refractivity contribution >= 4 is 56.0 Å². The van der Waals surface area contributed by atoms with Gasteiger partial charge in [0.15, 0.2) is 5.82 Å². The molecule has 5 atom stereocenters. The summed E-state index contributed by atoms with van der Waals surface area (Å²) in [7, 11) is -4.00. The van der Waals surface area contributed by atoms with Gasteiger partial charge in [0.2, 0.25) is 27.7 Å². The zero-order chi connectivity index (χ0) is 36.8. The van der Waals surface area contributed by atoms with Gasteiger partial charge in [0, 0.05) is 17.7 Å². The molecule has 2 aromatic heterocycles. The fourth-order valence-electron chi connectivity index (χ4n) is 6.89. The number of thiazole rings is 1. The molecule has 17 heteroatoms. The molecule has 0 bridgehead atoms. The average molecular weight is 754 g/mol. The first-order chi connectivity index (χ1) is 24.8. The Morgan fingerprint density at radius 1 is 1.15 bits per heavy atom. The van der Waals surface area contributed by atoms with Crippen LogP contribution in [-0.4, -0.2) is 86.9 Å². The summed E-state index contributed by atoms with van der Waals surface area (Å²) in [5.41, 5.74) is 0.851. The molecular weight excluding hydrogens is 714 g/mol. The van der Waals surface area contributed by atoms with Crippen LogP contribution in [-0.2, 0) is 24.4 Å². The highest BCUT2D eigenvalue weighted by atomic mass is 32.2. The van der Waals surface area contributed by atoms with Crippen LogP contribution in [0, 0.1) is 18.7 Å². The van der Waals surface area contributed by atoms with Crippen LogP contribution in [0.25, 0.3) is 11.0 Å². The van der Waals surface area contributed by atoms with Crippen molar-refractivity contribution < 1.29 is 36.7 Å². The van der Waals surface area contributed by atoms with E-state index in [1.165, 1.54) is 33.9 Å². The first-order valence-electron chi connectivity index (χ1n) is 17.4. The second-order valence-electron chi connectivity index (χ2n) is 14.3. The lowest BCUT2D eigenvalue weighted by Crippen LogP contribution is -2.58. The minimum atomic E-state index is -4.00. The third-order valence-electron chi connectivity index (χ3n) is 10.5. The Kier molecular flexibility index (Phi) is 9.52. The van der Waals surface area contributed by atoms with Crippen molar-refractivity contribution in [1.29, 1.82) is 0 Å². The maximum atomic E-state index is 14.7. The van der Waals surface area contributed by atoms with E-state index in [2.05, 4.69) is 30.3 Å². The van der Waals surface area contributed by atoms with E-state index in [9.17, 15) is 32.0 Å². The van der Waals surface area contributed by atoms with E-state index in [1.807, 2.05) is 12.2 Å². The van der Waals surface area contributed by atoms with Gasteiger partial charge in [-0.15, -0.1) is 11.3 Å². The quantitative estimate of drug-likeness (QED) is 0.303. The first-order valence-corrected chi connectivity index (χ1v) is 19.9. The molecule has 2 saturated carbocycles. The SMILES string of the molecule is Cc1nc2cccc(F)c2nc1O[C@@H]1C[C@H]2C(=O)N[C@]3(C(=O)NS(=O)(=O)C4(C)CC4)C[C@H]3/C=C\CCCCC[C@H](NC(=O)c3cscn3)C(=O)N2C1. The van der Waals surface area contributed by atoms with E-state index in [0.717, 1.165) is 12.8 Å². The third-order valence-corrected chi connectivity index (χ3v) is 13.2. The van der Waals surface area contributed by atoms with Gasteiger partial charge in [-0.2, -0.15) is 0 Å². The maximum Gasteiger partial charge on any atom is 0.271 e. The molecule has 2 aliphatic heterocycles. The summed E-state index contributed by atoms with van der Waals surface area (Å²) >= 11 is 1.24. The standard InChI is InChI=1S/C35H40FN7O7S2/c1-20-31(40-28-23(36)10-8-12-24(28)38-20)50-22-15-27-30(45)41-35(33(47)42-52(48,49)34(2)13-14-34)16-21(35)9-6-4-3-5-7-11-25(32(46)43(27)17-22)39-29(44)26-18-51-19-37-26/h6,8-10,12,18-19,21-22,25,27H,3-5,7,11,13-17H2,1-2H3,(H,39,44)(H,41,45)(H,42,47)/b9-6-/t21-,22-,25+,27+,35-/m1/s1. The van der Waals surface area contributed by atoms with Gasteiger partial charge < -0.3 is 20.3 Å². The molecule has 2 aliphatic carbocycles. The second kappa shape index (κ2) is 13.8. The van der Waals surface area contributed by atoms with Crippen LogP contribution in [0.1, 0.15) is 80.9 Å². The summed E-state index contributed by atoms with van der Waals surface area (Å²) < 4.78 is 48.2. The number of carbonyl (C=O) groups is 4. The number of sulfonamides is 1. The van der Waals surface area contributed by atoms with Crippen LogP contribution in [0.3, 0.4) is 0 Å². The van der Waals surface area contributed by atoms with E-state index < -0.39 is 73.9 Å². The van der Waals surface area contributed by atoms with E-state index in [1.54, 1.807) is 25.3 Å². The van der Waals surface area contributed by atoms with Crippen molar-refractivity contribution in [3.8, 4) is 5.88 Å². The number of amides is 4. The van der Waals surface area contributed by atoms with Gasteiger partial charge >= 0.3 is 0 Å². The van der Waals surface area contributed by atoms with Crippen LogP contribution in [0.15, 0.2) is 41.2 Å². The molecule has 1 saturated heterocycles.